The van der Waals surface area contributed by atoms with Gasteiger partial charge in [0.25, 0.3) is 0 Å². The summed E-state index contributed by atoms with van der Waals surface area (Å²) in [5.74, 6) is 0.374. The monoisotopic (exact) mass is 434 g/mol. The quantitative estimate of drug-likeness (QED) is 0.102. The van der Waals surface area contributed by atoms with Crippen LogP contribution in [0, 0.1) is 9.81 Å². The Morgan fingerprint density at radius 1 is 1.13 bits per heavy atom. The molecule has 0 radical (unpaired) electrons. The summed E-state index contributed by atoms with van der Waals surface area (Å²) < 4.78 is 0. The van der Waals surface area contributed by atoms with Gasteiger partial charge < -0.3 is 4.84 Å². The van der Waals surface area contributed by atoms with Crippen LogP contribution in [0.2, 0.25) is 0 Å². The fourth-order valence-corrected chi connectivity index (χ4v) is 3.84. The lowest BCUT2D eigenvalue weighted by atomic mass is 9.99. The highest BCUT2D eigenvalue weighted by Gasteiger charge is 2.20. The summed E-state index contributed by atoms with van der Waals surface area (Å²) in [6.45, 7) is 12.4. The van der Waals surface area contributed by atoms with Gasteiger partial charge >= 0.3 is 0 Å². The van der Waals surface area contributed by atoms with E-state index in [9.17, 15) is 9.81 Å². The molecule has 0 saturated heterocycles. The first-order valence-corrected chi connectivity index (χ1v) is 12.1. The number of hydrogen-bond acceptors (Lipinski definition) is 6. The molecule has 0 aliphatic carbocycles. The van der Waals surface area contributed by atoms with E-state index in [1.54, 1.807) is 0 Å². The summed E-state index contributed by atoms with van der Waals surface area (Å²) >= 11 is 1.51. The maximum Gasteiger partial charge on any atom is 0.181 e. The van der Waals surface area contributed by atoms with Gasteiger partial charge in [0.15, 0.2) is 11.1 Å². The van der Waals surface area contributed by atoms with Crippen molar-refractivity contribution in [3.63, 3.8) is 0 Å². The van der Waals surface area contributed by atoms with E-state index in [0.717, 1.165) is 49.0 Å². The molecule has 6 heteroatoms. The maximum absolute atomic E-state index is 11.5. The number of thioether (sulfide) groups is 1. The highest BCUT2D eigenvalue weighted by Crippen LogP contribution is 2.42. The largest absolute Gasteiger partial charge is 0.322 e. The van der Waals surface area contributed by atoms with Crippen molar-refractivity contribution in [2.24, 2.45) is 10.5 Å². The SMILES string of the molecule is CC.CCCCCc1cc(N=O)c(C/C=C(\C)CCC=C(C)C)c(ON=O)c1SC. The van der Waals surface area contributed by atoms with Crippen molar-refractivity contribution in [1.82, 2.24) is 0 Å². The summed E-state index contributed by atoms with van der Waals surface area (Å²) in [6, 6.07) is 1.84. The second-order valence-corrected chi connectivity index (χ2v) is 8.00. The predicted octanol–water partition coefficient (Wildman–Crippen LogP) is 8.86. The number of unbranched alkanes of at least 4 members (excludes halogenated alkanes) is 2. The molecule has 0 aliphatic rings. The van der Waals surface area contributed by atoms with Crippen LogP contribution in [-0.2, 0) is 12.8 Å². The smallest absolute Gasteiger partial charge is 0.181 e. The van der Waals surface area contributed by atoms with Crippen molar-refractivity contribution >= 4 is 17.4 Å². The Hall–Kier alpha value is -1.95. The van der Waals surface area contributed by atoms with Crippen LogP contribution in [0.4, 0.5) is 5.69 Å². The van der Waals surface area contributed by atoms with Gasteiger partial charge in [-0.2, -0.15) is 0 Å². The van der Waals surface area contributed by atoms with Crippen LogP contribution in [0.25, 0.3) is 0 Å². The minimum Gasteiger partial charge on any atom is -0.322 e. The highest BCUT2D eigenvalue weighted by molar-refractivity contribution is 7.98. The third-order valence-electron chi connectivity index (χ3n) is 4.62. The van der Waals surface area contributed by atoms with Gasteiger partial charge in [-0.15, -0.1) is 21.6 Å². The van der Waals surface area contributed by atoms with Gasteiger partial charge in [-0.25, -0.2) is 0 Å². The Balaban J connectivity index is 0.00000407. The molecule has 0 aromatic heterocycles. The molecule has 1 aromatic carbocycles. The number of nitrogens with zero attached hydrogens (tertiary/aromatic N) is 2. The molecule has 0 aliphatic heterocycles. The molecule has 30 heavy (non-hydrogen) atoms. The van der Waals surface area contributed by atoms with Gasteiger partial charge in [0.05, 0.1) is 4.90 Å². The molecule has 0 N–H and O–H groups in total. The first-order chi connectivity index (χ1) is 14.5. The molecular weight excluding hydrogens is 396 g/mol. The number of rotatable bonds is 13. The zero-order chi connectivity index (χ0) is 22.9. The number of allylic oxidation sites excluding steroid dienone is 4. The van der Waals surface area contributed by atoms with Crippen molar-refractivity contribution in [3.05, 3.63) is 50.3 Å². The summed E-state index contributed by atoms with van der Waals surface area (Å²) in [5, 5.41) is 5.87. The standard InChI is InChI=1S/C22H32N2O3S.C2H6/c1-6-7-8-12-18-15-20(23-25)19(21(27-24-26)22(18)28-5)14-13-17(4)11-9-10-16(2)3;1-2/h10,13,15H,6-9,11-12,14H2,1-5H3;1-2H3/b17-13+;. The Morgan fingerprint density at radius 3 is 2.37 bits per heavy atom. The lowest BCUT2D eigenvalue weighted by Gasteiger charge is -2.15. The molecule has 0 saturated carbocycles. The van der Waals surface area contributed by atoms with E-state index >= 15 is 0 Å². The van der Waals surface area contributed by atoms with Crippen LogP contribution >= 0.6 is 11.8 Å². The van der Waals surface area contributed by atoms with Gasteiger partial charge in [0.2, 0.25) is 0 Å². The first kappa shape index (κ1) is 28.1. The fraction of sp³-hybridized carbons (Fsp3) is 0.583. The van der Waals surface area contributed by atoms with Crippen molar-refractivity contribution in [3.8, 4) is 5.75 Å². The minimum atomic E-state index is 0.330. The number of aryl methyl sites for hydroxylation is 1. The molecule has 1 aromatic rings. The van der Waals surface area contributed by atoms with Crippen LogP contribution in [0.15, 0.2) is 44.8 Å². The summed E-state index contributed by atoms with van der Waals surface area (Å²) in [7, 11) is 0. The van der Waals surface area contributed by atoms with Gasteiger partial charge in [-0.05, 0) is 75.9 Å². The molecule has 168 valence electrons. The molecule has 0 unspecified atom stereocenters. The van der Waals surface area contributed by atoms with Crippen molar-refractivity contribution in [1.29, 1.82) is 0 Å². The Morgan fingerprint density at radius 2 is 1.83 bits per heavy atom. The maximum atomic E-state index is 11.5. The van der Waals surface area contributed by atoms with Crippen LogP contribution in [0.1, 0.15) is 84.8 Å². The van der Waals surface area contributed by atoms with Crippen LogP contribution < -0.4 is 4.84 Å². The lowest BCUT2D eigenvalue weighted by molar-refractivity contribution is 0.323. The lowest BCUT2D eigenvalue weighted by Crippen LogP contribution is -1.99. The molecule has 0 spiro atoms. The number of nitroso groups, excluding NO2 is 1. The third kappa shape index (κ3) is 9.70. The Kier molecular flexibility index (Phi) is 15.7. The Bertz CT molecular complexity index is 724. The van der Waals surface area contributed by atoms with Crippen molar-refractivity contribution in [2.75, 3.05) is 6.26 Å². The van der Waals surface area contributed by atoms with E-state index in [2.05, 4.69) is 50.4 Å². The van der Waals surface area contributed by atoms with Crippen molar-refractivity contribution < 1.29 is 4.84 Å². The van der Waals surface area contributed by atoms with Gasteiger partial charge in [0, 0.05) is 5.56 Å². The molecule has 0 bridgehead atoms. The summed E-state index contributed by atoms with van der Waals surface area (Å²) in [4.78, 5) is 28.4. The number of hydrogen-bond donors (Lipinski definition) is 0. The van der Waals surface area contributed by atoms with E-state index in [-0.39, 0.29) is 0 Å². The zero-order valence-electron chi connectivity index (χ0n) is 19.7. The molecule has 0 amide bonds. The van der Waals surface area contributed by atoms with Gasteiger partial charge in [-0.1, -0.05) is 56.9 Å². The predicted molar refractivity (Wildman–Crippen MR) is 131 cm³/mol. The average Bonchev–Trinajstić information content (AvgIpc) is 2.74. The summed E-state index contributed by atoms with van der Waals surface area (Å²) in [6.07, 6.45) is 12.7. The van der Waals surface area contributed by atoms with E-state index < -0.39 is 0 Å². The summed E-state index contributed by atoms with van der Waals surface area (Å²) in [5.41, 5.74) is 4.46. The second-order valence-electron chi connectivity index (χ2n) is 7.18. The van der Waals surface area contributed by atoms with Crippen LogP contribution in [0.3, 0.4) is 0 Å². The van der Waals surface area contributed by atoms with E-state index in [0.29, 0.717) is 23.4 Å². The molecule has 0 heterocycles. The highest BCUT2D eigenvalue weighted by atomic mass is 32.2. The normalized spacial score (nSPS) is 10.7. The van der Waals surface area contributed by atoms with Gasteiger partial charge in [0.1, 0.15) is 5.69 Å². The van der Waals surface area contributed by atoms with Crippen molar-refractivity contribution in [2.45, 2.75) is 91.4 Å². The molecule has 1 rings (SSSR count). The van der Waals surface area contributed by atoms with Gasteiger partial charge in [-0.3, -0.25) is 0 Å². The zero-order valence-corrected chi connectivity index (χ0v) is 20.5. The van der Waals surface area contributed by atoms with E-state index in [4.69, 9.17) is 4.84 Å². The molecule has 0 atom stereocenters. The van der Waals surface area contributed by atoms with Crippen LogP contribution in [0.5, 0.6) is 5.75 Å². The molecular formula is C24H38N2O3S. The number of benzene rings is 1. The molecule has 0 fully saturated rings. The minimum absolute atomic E-state index is 0.330. The first-order valence-electron chi connectivity index (χ1n) is 10.8. The Labute approximate surface area is 186 Å². The fourth-order valence-electron chi connectivity index (χ4n) is 3.07. The third-order valence-corrected chi connectivity index (χ3v) is 5.47. The van der Waals surface area contributed by atoms with E-state index in [1.807, 2.05) is 26.2 Å². The molecule has 5 nitrogen and oxygen atoms in total. The average molecular weight is 435 g/mol. The second kappa shape index (κ2) is 16.8. The van der Waals surface area contributed by atoms with Crippen LogP contribution in [-0.4, -0.2) is 6.26 Å². The topological polar surface area (TPSA) is 68.1 Å². The van der Waals surface area contributed by atoms with E-state index in [1.165, 1.54) is 22.9 Å².